The number of piperazine rings is 1. The summed E-state index contributed by atoms with van der Waals surface area (Å²) in [5, 5.41) is 23.0. The molecule has 0 spiro atoms. The quantitative estimate of drug-likeness (QED) is 0.635. The Morgan fingerprint density at radius 2 is 2.18 bits per heavy atom. The molecule has 0 aromatic heterocycles. The van der Waals surface area contributed by atoms with Crippen LogP contribution < -0.4 is 10.2 Å². The number of anilines is 1. The molecule has 8 nitrogen and oxygen atoms in total. The van der Waals surface area contributed by atoms with Crippen molar-refractivity contribution in [3.05, 3.63) is 33.9 Å². The Morgan fingerprint density at radius 3 is 2.77 bits per heavy atom. The van der Waals surface area contributed by atoms with Gasteiger partial charge in [-0.1, -0.05) is 0 Å². The van der Waals surface area contributed by atoms with E-state index < -0.39 is 4.92 Å². The molecule has 1 aromatic carbocycles. The number of amides is 1. The predicted molar refractivity (Wildman–Crippen MR) is 80.5 cm³/mol. The Bertz CT molecular complexity index is 619. The van der Waals surface area contributed by atoms with E-state index >= 15 is 0 Å². The van der Waals surface area contributed by atoms with Crippen LogP contribution in [0.15, 0.2) is 18.2 Å². The number of nitro benzene ring substituents is 1. The smallest absolute Gasteiger partial charge is 0.287 e. The number of carbonyl (C=O) groups is 1. The second-order valence-electron chi connectivity index (χ2n) is 5.06. The second-order valence-corrected chi connectivity index (χ2v) is 5.06. The van der Waals surface area contributed by atoms with E-state index in [2.05, 4.69) is 5.32 Å². The minimum atomic E-state index is -0.589. The molecule has 0 bridgehead atoms. The van der Waals surface area contributed by atoms with Crippen molar-refractivity contribution in [2.75, 3.05) is 44.7 Å². The number of benzene rings is 1. The van der Waals surface area contributed by atoms with Crippen LogP contribution in [0.5, 0.6) is 0 Å². The number of nitro groups is 1. The molecule has 116 valence electrons. The fourth-order valence-corrected chi connectivity index (χ4v) is 2.32. The summed E-state index contributed by atoms with van der Waals surface area (Å²) >= 11 is 0. The van der Waals surface area contributed by atoms with Gasteiger partial charge >= 0.3 is 0 Å². The Hall–Kier alpha value is -2.66. The van der Waals surface area contributed by atoms with Crippen LogP contribution in [0.3, 0.4) is 0 Å². The van der Waals surface area contributed by atoms with Crippen LogP contribution in [0.25, 0.3) is 0 Å². The van der Waals surface area contributed by atoms with Crippen molar-refractivity contribution < 1.29 is 9.72 Å². The molecule has 1 amide bonds. The number of hydrogen-bond donors (Lipinski definition) is 1. The number of carbonyl (C=O) groups excluding carboxylic acids is 1. The number of rotatable bonds is 4. The molecule has 2 rings (SSSR count). The van der Waals surface area contributed by atoms with Crippen LogP contribution in [0.2, 0.25) is 0 Å². The summed E-state index contributed by atoms with van der Waals surface area (Å²) in [5.74, 6) is 0.000797. The lowest BCUT2D eigenvalue weighted by Gasteiger charge is -2.29. The highest BCUT2D eigenvalue weighted by atomic mass is 16.6. The average molecular weight is 303 g/mol. The zero-order valence-electron chi connectivity index (χ0n) is 12.3. The summed E-state index contributed by atoms with van der Waals surface area (Å²) in [5.41, 5.74) is 0.364. The van der Waals surface area contributed by atoms with Gasteiger partial charge in [-0.15, -0.1) is 0 Å². The van der Waals surface area contributed by atoms with E-state index in [1.807, 2.05) is 6.07 Å². The van der Waals surface area contributed by atoms with Gasteiger partial charge in [-0.05, 0) is 12.1 Å². The fraction of sp³-hybridized carbons (Fsp3) is 0.429. The first-order chi connectivity index (χ1) is 10.5. The van der Waals surface area contributed by atoms with Gasteiger partial charge in [0.05, 0.1) is 11.5 Å². The maximum absolute atomic E-state index is 12.2. The van der Waals surface area contributed by atoms with Crippen molar-refractivity contribution >= 4 is 17.3 Å². The van der Waals surface area contributed by atoms with E-state index in [-0.39, 0.29) is 23.7 Å². The van der Waals surface area contributed by atoms with Crippen molar-refractivity contribution in [2.24, 2.45) is 0 Å². The largest absolute Gasteiger partial charge is 0.365 e. The summed E-state index contributed by atoms with van der Waals surface area (Å²) < 4.78 is 0. The molecule has 0 saturated carbocycles. The number of likely N-dealkylation sites (N-methyl/N-ethyl adjacent to an activating group) is 1. The molecule has 1 aliphatic rings. The van der Waals surface area contributed by atoms with Gasteiger partial charge in [0.15, 0.2) is 0 Å². The molecular formula is C14H17N5O3. The number of nitrogens with one attached hydrogen (secondary N) is 1. The Morgan fingerprint density at radius 1 is 1.50 bits per heavy atom. The molecule has 1 heterocycles. The highest BCUT2D eigenvalue weighted by Gasteiger charge is 2.19. The topological polar surface area (TPSA) is 103 Å². The Balaban J connectivity index is 2.09. The van der Waals surface area contributed by atoms with Gasteiger partial charge in [0, 0.05) is 45.0 Å². The summed E-state index contributed by atoms with van der Waals surface area (Å²) in [4.78, 5) is 25.9. The average Bonchev–Trinajstić information content (AvgIpc) is 2.54. The predicted octanol–water partition coefficient (Wildman–Crippen LogP) is 0.334. The van der Waals surface area contributed by atoms with Crippen molar-refractivity contribution in [2.45, 2.75) is 0 Å². The number of nitriles is 1. The van der Waals surface area contributed by atoms with Crippen molar-refractivity contribution in [3.8, 4) is 6.07 Å². The van der Waals surface area contributed by atoms with Crippen molar-refractivity contribution in [1.29, 1.82) is 5.26 Å². The molecule has 8 heteroatoms. The molecule has 1 fully saturated rings. The molecule has 0 unspecified atom stereocenters. The molecule has 1 aromatic rings. The SMILES string of the molecule is CN(CC(=O)N1CCNCC1)c1ccc([N+](=O)[O-])c(C#N)c1. The van der Waals surface area contributed by atoms with Crippen LogP contribution in [-0.4, -0.2) is 55.5 Å². The highest BCUT2D eigenvalue weighted by molar-refractivity contribution is 5.81. The lowest BCUT2D eigenvalue weighted by molar-refractivity contribution is -0.385. The van der Waals surface area contributed by atoms with E-state index in [4.69, 9.17) is 5.26 Å². The van der Waals surface area contributed by atoms with E-state index in [0.717, 1.165) is 13.1 Å². The standard InChI is InChI=1S/C14H17N5O3/c1-17(10-14(20)18-6-4-16-5-7-18)12-2-3-13(19(21)22)11(8-12)9-15/h2-3,8,16H,4-7,10H2,1H3. The molecule has 1 N–H and O–H groups in total. The second kappa shape index (κ2) is 6.87. The van der Waals surface area contributed by atoms with Crippen LogP contribution in [0, 0.1) is 21.4 Å². The molecule has 22 heavy (non-hydrogen) atoms. The lowest BCUT2D eigenvalue weighted by atomic mass is 10.1. The monoisotopic (exact) mass is 303 g/mol. The minimum Gasteiger partial charge on any atom is -0.365 e. The van der Waals surface area contributed by atoms with E-state index in [0.29, 0.717) is 18.8 Å². The van der Waals surface area contributed by atoms with Crippen molar-refractivity contribution in [3.63, 3.8) is 0 Å². The zero-order valence-corrected chi connectivity index (χ0v) is 12.3. The maximum Gasteiger partial charge on any atom is 0.287 e. The minimum absolute atomic E-state index is 0.000797. The molecule has 0 atom stereocenters. The van der Waals surface area contributed by atoms with Crippen LogP contribution >= 0.6 is 0 Å². The van der Waals surface area contributed by atoms with Gasteiger partial charge in [0.25, 0.3) is 5.69 Å². The van der Waals surface area contributed by atoms with Gasteiger partial charge in [0.1, 0.15) is 11.6 Å². The van der Waals surface area contributed by atoms with Gasteiger partial charge in [0.2, 0.25) is 5.91 Å². The molecular weight excluding hydrogens is 286 g/mol. The fourth-order valence-electron chi connectivity index (χ4n) is 2.32. The van der Waals surface area contributed by atoms with Gasteiger partial charge in [-0.3, -0.25) is 14.9 Å². The first kappa shape index (κ1) is 15.7. The van der Waals surface area contributed by atoms with Gasteiger partial charge in [-0.25, -0.2) is 0 Å². The third-order valence-electron chi connectivity index (χ3n) is 3.58. The summed E-state index contributed by atoms with van der Waals surface area (Å²) in [6.45, 7) is 3.09. The van der Waals surface area contributed by atoms with E-state index in [9.17, 15) is 14.9 Å². The zero-order chi connectivity index (χ0) is 16.1. The highest BCUT2D eigenvalue weighted by Crippen LogP contribution is 2.23. The molecule has 0 aliphatic carbocycles. The summed E-state index contributed by atoms with van der Waals surface area (Å²) in [6.07, 6.45) is 0. The lowest BCUT2D eigenvalue weighted by Crippen LogP contribution is -2.49. The molecule has 0 radical (unpaired) electrons. The maximum atomic E-state index is 12.2. The van der Waals surface area contributed by atoms with Crippen LogP contribution in [0.1, 0.15) is 5.56 Å². The summed E-state index contributed by atoms with van der Waals surface area (Å²) in [7, 11) is 1.72. The normalized spacial score (nSPS) is 14.3. The number of nitrogens with zero attached hydrogens (tertiary/aromatic N) is 4. The molecule has 1 saturated heterocycles. The van der Waals surface area contributed by atoms with E-state index in [1.165, 1.54) is 12.1 Å². The number of hydrogen-bond acceptors (Lipinski definition) is 6. The molecule has 1 aliphatic heterocycles. The van der Waals surface area contributed by atoms with Crippen LogP contribution in [-0.2, 0) is 4.79 Å². The third-order valence-corrected chi connectivity index (χ3v) is 3.58. The first-order valence-electron chi connectivity index (χ1n) is 6.91. The van der Waals surface area contributed by atoms with E-state index in [1.54, 1.807) is 22.9 Å². The van der Waals surface area contributed by atoms with Gasteiger partial charge < -0.3 is 15.1 Å². The first-order valence-corrected chi connectivity index (χ1v) is 6.91. The van der Waals surface area contributed by atoms with Gasteiger partial charge in [-0.2, -0.15) is 5.26 Å². The summed E-state index contributed by atoms with van der Waals surface area (Å²) in [6, 6.07) is 6.09. The third kappa shape index (κ3) is 3.51. The van der Waals surface area contributed by atoms with Crippen molar-refractivity contribution in [1.82, 2.24) is 10.2 Å². The Kier molecular flexibility index (Phi) is 4.91. The van der Waals surface area contributed by atoms with Crippen LogP contribution in [0.4, 0.5) is 11.4 Å². The Labute approximate surface area is 128 Å².